The first kappa shape index (κ1) is 14.1. The Morgan fingerprint density at radius 1 is 1.21 bits per heavy atom. The maximum atomic E-state index is 9.79. The maximum absolute atomic E-state index is 9.79. The number of halogens is 1. The highest BCUT2D eigenvalue weighted by Crippen LogP contribution is 2.27. The van der Waals surface area contributed by atoms with Crippen LogP contribution >= 0.6 is 15.9 Å². The fourth-order valence-corrected chi connectivity index (χ4v) is 2.30. The van der Waals surface area contributed by atoms with Crippen LogP contribution in [0.1, 0.15) is 29.7 Å². The third kappa shape index (κ3) is 3.58. The van der Waals surface area contributed by atoms with E-state index in [-0.39, 0.29) is 0 Å². The number of aryl methyl sites for hydroxylation is 1. The molecule has 2 nitrogen and oxygen atoms in total. The minimum absolute atomic E-state index is 0.476. The van der Waals surface area contributed by atoms with Gasteiger partial charge in [-0.3, -0.25) is 0 Å². The van der Waals surface area contributed by atoms with Crippen molar-refractivity contribution in [3.63, 3.8) is 0 Å². The van der Waals surface area contributed by atoms with Crippen LogP contribution in [0.25, 0.3) is 0 Å². The number of aliphatic hydroxyl groups excluding tert-OH is 1. The summed E-state index contributed by atoms with van der Waals surface area (Å²) in [5, 5.41) is 9.79. The first-order valence-corrected chi connectivity index (χ1v) is 7.02. The minimum Gasteiger partial charge on any atom is -0.488 e. The molecule has 19 heavy (non-hydrogen) atoms. The van der Waals surface area contributed by atoms with Crippen molar-refractivity contribution >= 4 is 15.9 Å². The van der Waals surface area contributed by atoms with Gasteiger partial charge in [0.05, 0.1) is 6.10 Å². The summed E-state index contributed by atoms with van der Waals surface area (Å²) in [5.74, 6) is 0.733. The summed E-state index contributed by atoms with van der Waals surface area (Å²) in [5.41, 5.74) is 3.02. The van der Waals surface area contributed by atoms with Gasteiger partial charge in [0.2, 0.25) is 0 Å². The van der Waals surface area contributed by atoms with E-state index < -0.39 is 6.10 Å². The molecule has 100 valence electrons. The molecule has 0 aliphatic carbocycles. The lowest BCUT2D eigenvalue weighted by atomic mass is 10.1. The van der Waals surface area contributed by atoms with E-state index in [0.717, 1.165) is 26.9 Å². The molecule has 0 aliphatic heterocycles. The van der Waals surface area contributed by atoms with Crippen molar-refractivity contribution in [2.75, 3.05) is 0 Å². The molecule has 2 aromatic rings. The normalized spacial score (nSPS) is 12.2. The Bertz CT molecular complexity index is 564. The van der Waals surface area contributed by atoms with Gasteiger partial charge >= 0.3 is 0 Å². The first-order valence-electron chi connectivity index (χ1n) is 6.22. The molecule has 0 bridgehead atoms. The molecule has 0 amide bonds. The largest absolute Gasteiger partial charge is 0.488 e. The SMILES string of the molecule is Cc1ccc(OCc2ccccc2Br)c([C@@H](C)O)c1. The molecule has 0 radical (unpaired) electrons. The van der Waals surface area contributed by atoms with Crippen LogP contribution in [0, 0.1) is 6.92 Å². The Morgan fingerprint density at radius 2 is 1.95 bits per heavy atom. The molecule has 0 aromatic heterocycles. The second kappa shape index (κ2) is 6.22. The second-order valence-electron chi connectivity index (χ2n) is 4.60. The van der Waals surface area contributed by atoms with E-state index in [1.54, 1.807) is 6.92 Å². The maximum Gasteiger partial charge on any atom is 0.125 e. The van der Waals surface area contributed by atoms with Gasteiger partial charge in [-0.25, -0.2) is 0 Å². The zero-order chi connectivity index (χ0) is 13.8. The molecule has 0 saturated heterocycles. The van der Waals surface area contributed by atoms with E-state index in [1.807, 2.05) is 49.4 Å². The van der Waals surface area contributed by atoms with Gasteiger partial charge in [0.1, 0.15) is 12.4 Å². The zero-order valence-electron chi connectivity index (χ0n) is 11.1. The monoisotopic (exact) mass is 320 g/mol. The van der Waals surface area contributed by atoms with Crippen LogP contribution in [0.2, 0.25) is 0 Å². The third-order valence-electron chi connectivity index (χ3n) is 2.96. The minimum atomic E-state index is -0.533. The second-order valence-corrected chi connectivity index (χ2v) is 5.45. The third-order valence-corrected chi connectivity index (χ3v) is 3.73. The molecule has 0 unspecified atom stereocenters. The lowest BCUT2D eigenvalue weighted by Crippen LogP contribution is -2.02. The van der Waals surface area contributed by atoms with Crippen molar-refractivity contribution in [3.8, 4) is 5.75 Å². The predicted molar refractivity (Wildman–Crippen MR) is 80.3 cm³/mol. The van der Waals surface area contributed by atoms with Gasteiger partial charge in [-0.15, -0.1) is 0 Å². The highest BCUT2D eigenvalue weighted by Gasteiger charge is 2.10. The standard InChI is InChI=1S/C16H17BrO2/c1-11-7-8-16(14(9-11)12(2)18)19-10-13-5-3-4-6-15(13)17/h3-9,12,18H,10H2,1-2H3/t12-/m1/s1. The first-order chi connectivity index (χ1) is 9.08. The van der Waals surface area contributed by atoms with Crippen LogP contribution in [-0.4, -0.2) is 5.11 Å². The predicted octanol–water partition coefficient (Wildman–Crippen LogP) is 4.39. The molecular formula is C16H17BrO2. The summed E-state index contributed by atoms with van der Waals surface area (Å²) in [6.07, 6.45) is -0.533. The van der Waals surface area contributed by atoms with Gasteiger partial charge in [-0.2, -0.15) is 0 Å². The Balaban J connectivity index is 2.18. The zero-order valence-corrected chi connectivity index (χ0v) is 12.6. The van der Waals surface area contributed by atoms with E-state index >= 15 is 0 Å². The van der Waals surface area contributed by atoms with Gasteiger partial charge in [0.25, 0.3) is 0 Å². The van der Waals surface area contributed by atoms with Crippen molar-refractivity contribution in [2.45, 2.75) is 26.6 Å². The van der Waals surface area contributed by atoms with Gasteiger partial charge in [0.15, 0.2) is 0 Å². The lowest BCUT2D eigenvalue weighted by molar-refractivity contribution is 0.190. The quantitative estimate of drug-likeness (QED) is 0.905. The molecule has 0 aliphatic rings. The van der Waals surface area contributed by atoms with Crippen LogP contribution in [0.4, 0.5) is 0 Å². The smallest absolute Gasteiger partial charge is 0.125 e. The molecular weight excluding hydrogens is 304 g/mol. The van der Waals surface area contributed by atoms with Crippen molar-refractivity contribution in [2.24, 2.45) is 0 Å². The Kier molecular flexibility index (Phi) is 4.61. The molecule has 0 spiro atoms. The lowest BCUT2D eigenvalue weighted by Gasteiger charge is -2.14. The van der Waals surface area contributed by atoms with E-state index in [9.17, 15) is 5.11 Å². The van der Waals surface area contributed by atoms with Crippen molar-refractivity contribution in [1.29, 1.82) is 0 Å². The van der Waals surface area contributed by atoms with Crippen LogP contribution in [0.3, 0.4) is 0 Å². The molecule has 0 fully saturated rings. The average molecular weight is 321 g/mol. The Labute approximate surface area is 122 Å². The topological polar surface area (TPSA) is 29.5 Å². The highest BCUT2D eigenvalue weighted by molar-refractivity contribution is 9.10. The summed E-state index contributed by atoms with van der Waals surface area (Å²) in [7, 11) is 0. The summed E-state index contributed by atoms with van der Waals surface area (Å²) in [6, 6.07) is 13.8. The molecule has 2 rings (SSSR count). The van der Waals surface area contributed by atoms with Gasteiger partial charge in [0, 0.05) is 15.6 Å². The van der Waals surface area contributed by atoms with E-state index in [0.29, 0.717) is 6.61 Å². The molecule has 1 atom stereocenters. The molecule has 0 heterocycles. The van der Waals surface area contributed by atoms with E-state index in [2.05, 4.69) is 15.9 Å². The van der Waals surface area contributed by atoms with Crippen molar-refractivity contribution in [3.05, 3.63) is 63.6 Å². The van der Waals surface area contributed by atoms with Crippen LogP contribution < -0.4 is 4.74 Å². The number of benzene rings is 2. The molecule has 3 heteroatoms. The van der Waals surface area contributed by atoms with Crippen LogP contribution in [-0.2, 0) is 6.61 Å². The molecule has 0 saturated carbocycles. The number of hydrogen-bond acceptors (Lipinski definition) is 2. The summed E-state index contributed by atoms with van der Waals surface area (Å²) >= 11 is 3.50. The summed E-state index contributed by atoms with van der Waals surface area (Å²) < 4.78 is 6.86. The molecule has 1 N–H and O–H groups in total. The van der Waals surface area contributed by atoms with Gasteiger partial charge in [-0.1, -0.05) is 45.8 Å². The van der Waals surface area contributed by atoms with Crippen LogP contribution in [0.5, 0.6) is 5.75 Å². The fourth-order valence-electron chi connectivity index (χ4n) is 1.90. The fraction of sp³-hybridized carbons (Fsp3) is 0.250. The summed E-state index contributed by atoms with van der Waals surface area (Å²) in [4.78, 5) is 0. The average Bonchev–Trinajstić information content (AvgIpc) is 2.38. The molecule has 2 aromatic carbocycles. The van der Waals surface area contributed by atoms with Gasteiger partial charge < -0.3 is 9.84 Å². The van der Waals surface area contributed by atoms with Crippen molar-refractivity contribution in [1.82, 2.24) is 0 Å². The van der Waals surface area contributed by atoms with Gasteiger partial charge in [-0.05, 0) is 32.0 Å². The number of aliphatic hydroxyl groups is 1. The number of hydrogen-bond donors (Lipinski definition) is 1. The summed E-state index contributed by atoms with van der Waals surface area (Å²) in [6.45, 7) is 4.23. The van der Waals surface area contributed by atoms with Crippen LogP contribution in [0.15, 0.2) is 46.9 Å². The Morgan fingerprint density at radius 3 is 2.63 bits per heavy atom. The van der Waals surface area contributed by atoms with E-state index in [1.165, 1.54) is 0 Å². The van der Waals surface area contributed by atoms with E-state index in [4.69, 9.17) is 4.74 Å². The number of ether oxygens (including phenoxy) is 1. The van der Waals surface area contributed by atoms with Crippen molar-refractivity contribution < 1.29 is 9.84 Å². The number of rotatable bonds is 4. The Hall–Kier alpha value is -1.32. The highest BCUT2D eigenvalue weighted by atomic mass is 79.9.